The molecule has 1 aromatic rings. The molecule has 78 valence electrons. The molecule has 1 aliphatic rings. The monoisotopic (exact) mass is 205 g/mol. The second kappa shape index (κ2) is 4.08. The number of carbonyl (C=O) groups excluding carboxylic acids is 2. The molecule has 1 atom stereocenters. The van der Waals surface area contributed by atoms with Crippen molar-refractivity contribution in [3.05, 3.63) is 24.5 Å². The summed E-state index contributed by atoms with van der Waals surface area (Å²) in [6.07, 6.45) is 4.18. The highest BCUT2D eigenvalue weighted by molar-refractivity contribution is 5.98. The summed E-state index contributed by atoms with van der Waals surface area (Å²) in [6.45, 7) is 0. The van der Waals surface area contributed by atoms with Crippen LogP contribution < -0.4 is 10.6 Å². The van der Waals surface area contributed by atoms with Gasteiger partial charge in [0.05, 0.1) is 11.9 Å². The largest absolute Gasteiger partial charge is 0.344 e. The fourth-order valence-electron chi connectivity index (χ4n) is 1.48. The molecule has 0 spiro atoms. The molecule has 1 saturated heterocycles. The van der Waals surface area contributed by atoms with Gasteiger partial charge in [-0.3, -0.25) is 14.6 Å². The first-order valence-electron chi connectivity index (χ1n) is 4.76. The van der Waals surface area contributed by atoms with E-state index in [1.807, 2.05) is 0 Å². The van der Waals surface area contributed by atoms with E-state index >= 15 is 0 Å². The summed E-state index contributed by atoms with van der Waals surface area (Å²) in [5.74, 6) is -0.254. The number of nitrogens with zero attached hydrogens (tertiary/aromatic N) is 1. The van der Waals surface area contributed by atoms with Crippen molar-refractivity contribution >= 4 is 17.5 Å². The van der Waals surface area contributed by atoms with Crippen LogP contribution in [0.2, 0.25) is 0 Å². The Morgan fingerprint density at radius 3 is 3.07 bits per heavy atom. The van der Waals surface area contributed by atoms with Crippen LogP contribution in [0.1, 0.15) is 12.8 Å². The fraction of sp³-hybridized carbons (Fsp3) is 0.300. The lowest BCUT2D eigenvalue weighted by molar-refractivity contribution is -0.122. The molecule has 0 saturated carbocycles. The van der Waals surface area contributed by atoms with Gasteiger partial charge in [-0.25, -0.2) is 0 Å². The first kappa shape index (κ1) is 9.64. The molecule has 1 fully saturated rings. The number of carbonyl (C=O) groups is 2. The third-order valence-electron chi connectivity index (χ3n) is 2.24. The van der Waals surface area contributed by atoms with E-state index in [1.165, 1.54) is 0 Å². The van der Waals surface area contributed by atoms with E-state index in [0.717, 1.165) is 0 Å². The van der Waals surface area contributed by atoms with Gasteiger partial charge in [0.1, 0.15) is 6.04 Å². The Hall–Kier alpha value is -1.91. The van der Waals surface area contributed by atoms with Gasteiger partial charge in [-0.1, -0.05) is 0 Å². The van der Waals surface area contributed by atoms with Crippen molar-refractivity contribution in [1.29, 1.82) is 0 Å². The van der Waals surface area contributed by atoms with E-state index in [2.05, 4.69) is 15.6 Å². The van der Waals surface area contributed by atoms with Gasteiger partial charge >= 0.3 is 0 Å². The maximum absolute atomic E-state index is 11.6. The minimum Gasteiger partial charge on any atom is -0.344 e. The zero-order valence-electron chi connectivity index (χ0n) is 8.06. The molecule has 2 rings (SSSR count). The molecular formula is C10H11N3O2. The minimum atomic E-state index is -0.405. The van der Waals surface area contributed by atoms with Crippen molar-refractivity contribution in [2.24, 2.45) is 0 Å². The number of amides is 2. The molecule has 2 amide bonds. The Labute approximate surface area is 86.9 Å². The van der Waals surface area contributed by atoms with Crippen LogP contribution in [0.4, 0.5) is 5.69 Å². The van der Waals surface area contributed by atoms with Crippen molar-refractivity contribution in [1.82, 2.24) is 10.3 Å². The average Bonchev–Trinajstić information content (AvgIpc) is 2.66. The molecule has 2 N–H and O–H groups in total. The van der Waals surface area contributed by atoms with E-state index in [9.17, 15) is 9.59 Å². The summed E-state index contributed by atoms with van der Waals surface area (Å²) < 4.78 is 0. The van der Waals surface area contributed by atoms with Gasteiger partial charge in [0, 0.05) is 12.6 Å². The summed E-state index contributed by atoms with van der Waals surface area (Å²) in [7, 11) is 0. The average molecular weight is 205 g/mol. The van der Waals surface area contributed by atoms with E-state index in [-0.39, 0.29) is 11.8 Å². The first-order valence-corrected chi connectivity index (χ1v) is 4.76. The maximum atomic E-state index is 11.6. The van der Waals surface area contributed by atoms with Gasteiger partial charge in [-0.2, -0.15) is 0 Å². The molecule has 1 aliphatic heterocycles. The lowest BCUT2D eigenvalue weighted by atomic mass is 10.2. The number of aromatic nitrogens is 1. The number of nitrogens with one attached hydrogen (secondary N) is 2. The smallest absolute Gasteiger partial charge is 0.247 e. The summed E-state index contributed by atoms with van der Waals surface area (Å²) in [6, 6.07) is 3.09. The molecule has 0 aromatic carbocycles. The summed E-state index contributed by atoms with van der Waals surface area (Å²) in [5.41, 5.74) is 0.642. The lowest BCUT2D eigenvalue weighted by Gasteiger charge is -2.09. The Balaban J connectivity index is 1.96. The van der Waals surface area contributed by atoms with Gasteiger partial charge in [0.2, 0.25) is 11.8 Å². The highest BCUT2D eigenvalue weighted by Gasteiger charge is 2.26. The molecule has 0 bridgehead atoms. The molecular weight excluding hydrogens is 194 g/mol. The Bertz CT molecular complexity index is 378. The predicted octanol–water partition coefficient (Wildman–Crippen LogP) is 0.299. The summed E-state index contributed by atoms with van der Waals surface area (Å²) >= 11 is 0. The number of hydrogen-bond donors (Lipinski definition) is 2. The normalized spacial score (nSPS) is 19.7. The molecule has 5 nitrogen and oxygen atoms in total. The van der Waals surface area contributed by atoms with Crippen LogP contribution in [-0.2, 0) is 9.59 Å². The second-order valence-electron chi connectivity index (χ2n) is 3.39. The van der Waals surface area contributed by atoms with Gasteiger partial charge in [-0.15, -0.1) is 0 Å². The van der Waals surface area contributed by atoms with Gasteiger partial charge in [0.15, 0.2) is 0 Å². The molecule has 2 heterocycles. The van der Waals surface area contributed by atoms with Gasteiger partial charge < -0.3 is 10.6 Å². The molecule has 5 heteroatoms. The third kappa shape index (κ3) is 2.31. The van der Waals surface area contributed by atoms with Crippen LogP contribution in [0.15, 0.2) is 24.5 Å². The molecule has 0 aliphatic carbocycles. The Kier molecular flexibility index (Phi) is 2.62. The van der Waals surface area contributed by atoms with Crippen LogP contribution >= 0.6 is 0 Å². The van der Waals surface area contributed by atoms with Gasteiger partial charge in [0.25, 0.3) is 0 Å². The summed E-state index contributed by atoms with van der Waals surface area (Å²) in [5, 5.41) is 5.29. The van der Waals surface area contributed by atoms with Crippen LogP contribution in [0.25, 0.3) is 0 Å². The second-order valence-corrected chi connectivity index (χ2v) is 3.39. The van der Waals surface area contributed by atoms with E-state index in [4.69, 9.17) is 0 Å². The first-order chi connectivity index (χ1) is 7.25. The maximum Gasteiger partial charge on any atom is 0.247 e. The number of pyridine rings is 1. The highest BCUT2D eigenvalue weighted by atomic mass is 16.2. The summed E-state index contributed by atoms with van der Waals surface area (Å²) in [4.78, 5) is 26.4. The minimum absolute atomic E-state index is 0.0682. The van der Waals surface area contributed by atoms with Crippen molar-refractivity contribution < 1.29 is 9.59 Å². The van der Waals surface area contributed by atoms with Crippen molar-refractivity contribution in [3.63, 3.8) is 0 Å². The lowest BCUT2D eigenvalue weighted by Crippen LogP contribution is -2.37. The third-order valence-corrected chi connectivity index (χ3v) is 2.24. The van der Waals surface area contributed by atoms with Crippen molar-refractivity contribution in [3.8, 4) is 0 Å². The number of rotatable bonds is 2. The zero-order chi connectivity index (χ0) is 10.7. The van der Waals surface area contributed by atoms with E-state index < -0.39 is 6.04 Å². The van der Waals surface area contributed by atoms with Crippen LogP contribution in [0, 0.1) is 0 Å². The standard InChI is InChI=1S/C10H11N3O2/c14-9-4-3-8(13-9)10(15)12-7-2-1-5-11-6-7/h1-2,5-6,8H,3-4H2,(H,12,15)(H,13,14)/t8-/m0/s1. The predicted molar refractivity (Wildman–Crippen MR) is 54.0 cm³/mol. The van der Waals surface area contributed by atoms with E-state index in [0.29, 0.717) is 18.5 Å². The fourth-order valence-corrected chi connectivity index (χ4v) is 1.48. The molecule has 15 heavy (non-hydrogen) atoms. The van der Waals surface area contributed by atoms with E-state index in [1.54, 1.807) is 24.5 Å². The highest BCUT2D eigenvalue weighted by Crippen LogP contribution is 2.10. The quantitative estimate of drug-likeness (QED) is 0.729. The SMILES string of the molecule is O=C1CC[C@@H](C(=O)Nc2cccnc2)N1. The van der Waals surface area contributed by atoms with Crippen LogP contribution in [0.5, 0.6) is 0 Å². The Morgan fingerprint density at radius 1 is 1.60 bits per heavy atom. The van der Waals surface area contributed by atoms with Gasteiger partial charge in [-0.05, 0) is 18.6 Å². The zero-order valence-corrected chi connectivity index (χ0v) is 8.06. The number of anilines is 1. The molecule has 0 radical (unpaired) electrons. The Morgan fingerprint density at radius 2 is 2.47 bits per heavy atom. The van der Waals surface area contributed by atoms with Crippen molar-refractivity contribution in [2.75, 3.05) is 5.32 Å². The molecule has 0 unspecified atom stereocenters. The topological polar surface area (TPSA) is 71.1 Å². The van der Waals surface area contributed by atoms with Crippen LogP contribution in [-0.4, -0.2) is 22.8 Å². The van der Waals surface area contributed by atoms with Crippen LogP contribution in [0.3, 0.4) is 0 Å². The van der Waals surface area contributed by atoms with Crippen molar-refractivity contribution in [2.45, 2.75) is 18.9 Å². The number of hydrogen-bond acceptors (Lipinski definition) is 3. The molecule has 1 aromatic heterocycles.